The fraction of sp³-hybridized carbons (Fsp3) is 0.316. The molecule has 1 amide bonds. The Morgan fingerprint density at radius 2 is 1.74 bits per heavy atom. The fourth-order valence-electron chi connectivity index (χ4n) is 2.40. The zero-order chi connectivity index (χ0) is 16.8. The van der Waals surface area contributed by atoms with Crippen molar-refractivity contribution in [2.75, 3.05) is 21.2 Å². The lowest BCUT2D eigenvalue weighted by Crippen LogP contribution is -2.23. The normalized spacial score (nSPS) is 10.7. The minimum absolute atomic E-state index is 0.122. The van der Waals surface area contributed by atoms with Gasteiger partial charge in [0.15, 0.2) is 0 Å². The van der Waals surface area contributed by atoms with Crippen LogP contribution in [0.25, 0.3) is 0 Å². The van der Waals surface area contributed by atoms with E-state index in [-0.39, 0.29) is 5.91 Å². The standard InChI is InChI=1S/C19H24N2O2/c1-14-5-10-18(23-4)17(11-14)19(22)20-12-15-6-8-16(9-7-15)13-21(2)3/h5-11H,12-13H2,1-4H3,(H,20,22). The molecule has 0 fully saturated rings. The maximum Gasteiger partial charge on any atom is 0.255 e. The molecule has 0 aliphatic rings. The van der Waals surface area contributed by atoms with E-state index >= 15 is 0 Å². The number of carbonyl (C=O) groups is 1. The van der Waals surface area contributed by atoms with Crippen LogP contribution in [0.1, 0.15) is 27.0 Å². The molecule has 2 rings (SSSR count). The van der Waals surface area contributed by atoms with E-state index in [0.29, 0.717) is 17.9 Å². The Kier molecular flexibility index (Phi) is 5.77. The van der Waals surface area contributed by atoms with Crippen LogP contribution < -0.4 is 10.1 Å². The number of ether oxygens (including phenoxy) is 1. The molecule has 0 saturated heterocycles. The van der Waals surface area contributed by atoms with Gasteiger partial charge in [0, 0.05) is 13.1 Å². The third-order valence-electron chi connectivity index (χ3n) is 3.57. The van der Waals surface area contributed by atoms with Crippen molar-refractivity contribution in [1.29, 1.82) is 0 Å². The van der Waals surface area contributed by atoms with E-state index in [9.17, 15) is 4.79 Å². The number of aryl methyl sites for hydroxylation is 1. The van der Waals surface area contributed by atoms with Crippen LogP contribution in [0.3, 0.4) is 0 Å². The van der Waals surface area contributed by atoms with Gasteiger partial charge >= 0.3 is 0 Å². The summed E-state index contributed by atoms with van der Waals surface area (Å²) in [5.41, 5.74) is 3.93. The Morgan fingerprint density at radius 3 is 2.35 bits per heavy atom. The number of carbonyl (C=O) groups excluding carboxylic acids is 1. The largest absolute Gasteiger partial charge is 0.496 e. The lowest BCUT2D eigenvalue weighted by molar-refractivity contribution is 0.0948. The summed E-state index contributed by atoms with van der Waals surface area (Å²) < 4.78 is 5.26. The number of nitrogens with zero attached hydrogens (tertiary/aromatic N) is 1. The first-order valence-corrected chi connectivity index (χ1v) is 7.65. The van der Waals surface area contributed by atoms with E-state index in [1.54, 1.807) is 7.11 Å². The first kappa shape index (κ1) is 17.0. The SMILES string of the molecule is COc1ccc(C)cc1C(=O)NCc1ccc(CN(C)C)cc1. The van der Waals surface area contributed by atoms with Gasteiger partial charge in [0.05, 0.1) is 12.7 Å². The van der Waals surface area contributed by atoms with Crippen molar-refractivity contribution in [3.05, 3.63) is 64.7 Å². The van der Waals surface area contributed by atoms with Gasteiger partial charge in [-0.3, -0.25) is 4.79 Å². The van der Waals surface area contributed by atoms with Crippen LogP contribution in [0.4, 0.5) is 0 Å². The molecule has 4 nitrogen and oxygen atoms in total. The van der Waals surface area contributed by atoms with Crippen LogP contribution in [-0.2, 0) is 13.1 Å². The number of amides is 1. The zero-order valence-electron chi connectivity index (χ0n) is 14.2. The Hall–Kier alpha value is -2.33. The van der Waals surface area contributed by atoms with Gasteiger partial charge in [-0.2, -0.15) is 0 Å². The molecule has 0 aliphatic carbocycles. The first-order chi connectivity index (χ1) is 11.0. The molecule has 2 aromatic carbocycles. The topological polar surface area (TPSA) is 41.6 Å². The van der Waals surface area contributed by atoms with Gasteiger partial charge in [-0.25, -0.2) is 0 Å². The molecule has 4 heteroatoms. The highest BCUT2D eigenvalue weighted by atomic mass is 16.5. The maximum absolute atomic E-state index is 12.4. The second-order valence-corrected chi connectivity index (χ2v) is 5.94. The van der Waals surface area contributed by atoms with Gasteiger partial charge in [-0.05, 0) is 44.3 Å². The van der Waals surface area contributed by atoms with Gasteiger partial charge in [0.25, 0.3) is 5.91 Å². The molecular weight excluding hydrogens is 288 g/mol. The fourth-order valence-corrected chi connectivity index (χ4v) is 2.40. The van der Waals surface area contributed by atoms with E-state index in [2.05, 4.69) is 22.3 Å². The molecule has 0 aromatic heterocycles. The Morgan fingerprint density at radius 1 is 1.09 bits per heavy atom. The van der Waals surface area contributed by atoms with Crippen LogP contribution in [0.2, 0.25) is 0 Å². The second kappa shape index (κ2) is 7.79. The van der Waals surface area contributed by atoms with Crippen molar-refractivity contribution in [1.82, 2.24) is 10.2 Å². The van der Waals surface area contributed by atoms with Gasteiger partial charge in [0.1, 0.15) is 5.75 Å². The third-order valence-corrected chi connectivity index (χ3v) is 3.57. The summed E-state index contributed by atoms with van der Waals surface area (Å²) in [6.07, 6.45) is 0. The lowest BCUT2D eigenvalue weighted by atomic mass is 10.1. The van der Waals surface area contributed by atoms with Crippen molar-refractivity contribution in [2.24, 2.45) is 0 Å². The van der Waals surface area contributed by atoms with Gasteiger partial charge in [-0.15, -0.1) is 0 Å². The molecule has 23 heavy (non-hydrogen) atoms. The van der Waals surface area contributed by atoms with Crippen LogP contribution in [0.5, 0.6) is 5.75 Å². The monoisotopic (exact) mass is 312 g/mol. The van der Waals surface area contributed by atoms with Crippen molar-refractivity contribution < 1.29 is 9.53 Å². The van der Waals surface area contributed by atoms with E-state index in [0.717, 1.165) is 17.7 Å². The molecule has 0 bridgehead atoms. The summed E-state index contributed by atoms with van der Waals surface area (Å²) in [6.45, 7) is 3.37. The Labute approximate surface area is 138 Å². The number of methoxy groups -OCH3 is 1. The highest BCUT2D eigenvalue weighted by molar-refractivity contribution is 5.97. The molecule has 122 valence electrons. The van der Waals surface area contributed by atoms with Gasteiger partial charge < -0.3 is 15.0 Å². The highest BCUT2D eigenvalue weighted by Crippen LogP contribution is 2.19. The van der Waals surface area contributed by atoms with E-state index in [4.69, 9.17) is 4.74 Å². The second-order valence-electron chi connectivity index (χ2n) is 5.94. The summed E-state index contributed by atoms with van der Waals surface area (Å²) in [7, 11) is 5.66. The lowest BCUT2D eigenvalue weighted by Gasteiger charge is -2.12. The summed E-state index contributed by atoms with van der Waals surface area (Å²) in [5.74, 6) is 0.470. The predicted octanol–water partition coefficient (Wildman–Crippen LogP) is 3.00. The van der Waals surface area contributed by atoms with Crippen LogP contribution in [0, 0.1) is 6.92 Å². The molecular formula is C19H24N2O2. The summed E-state index contributed by atoms with van der Waals surface area (Å²) in [5, 5.41) is 2.95. The zero-order valence-corrected chi connectivity index (χ0v) is 14.2. The molecule has 2 aromatic rings. The Balaban J connectivity index is 2.00. The highest BCUT2D eigenvalue weighted by Gasteiger charge is 2.12. The molecule has 0 atom stereocenters. The average molecular weight is 312 g/mol. The average Bonchev–Trinajstić information content (AvgIpc) is 2.53. The summed E-state index contributed by atoms with van der Waals surface area (Å²) in [6, 6.07) is 13.9. The molecule has 0 spiro atoms. The maximum atomic E-state index is 12.4. The van der Waals surface area contributed by atoms with Crippen LogP contribution in [0.15, 0.2) is 42.5 Å². The number of rotatable bonds is 6. The number of nitrogens with one attached hydrogen (secondary N) is 1. The van der Waals surface area contributed by atoms with Gasteiger partial charge in [0.2, 0.25) is 0 Å². The summed E-state index contributed by atoms with van der Waals surface area (Å²) in [4.78, 5) is 14.5. The molecule has 1 N–H and O–H groups in total. The van der Waals surface area contributed by atoms with Crippen LogP contribution >= 0.6 is 0 Å². The Bertz CT molecular complexity index is 664. The van der Waals surface area contributed by atoms with Crippen molar-refractivity contribution in [3.63, 3.8) is 0 Å². The minimum Gasteiger partial charge on any atom is -0.496 e. The molecule has 0 unspecified atom stereocenters. The van der Waals surface area contributed by atoms with E-state index < -0.39 is 0 Å². The minimum atomic E-state index is -0.122. The molecule has 0 heterocycles. The van der Waals surface area contributed by atoms with Crippen molar-refractivity contribution >= 4 is 5.91 Å². The third kappa shape index (κ3) is 4.83. The first-order valence-electron chi connectivity index (χ1n) is 7.65. The van der Waals surface area contributed by atoms with Crippen molar-refractivity contribution in [3.8, 4) is 5.75 Å². The van der Waals surface area contributed by atoms with E-state index in [1.807, 2.05) is 51.4 Å². The summed E-state index contributed by atoms with van der Waals surface area (Å²) >= 11 is 0. The van der Waals surface area contributed by atoms with Crippen molar-refractivity contribution in [2.45, 2.75) is 20.0 Å². The quantitative estimate of drug-likeness (QED) is 0.891. The van der Waals surface area contributed by atoms with Gasteiger partial charge in [-0.1, -0.05) is 35.9 Å². The predicted molar refractivity (Wildman–Crippen MR) is 92.7 cm³/mol. The molecule has 0 radical (unpaired) electrons. The number of hydrogen-bond donors (Lipinski definition) is 1. The molecule has 0 saturated carbocycles. The number of hydrogen-bond acceptors (Lipinski definition) is 3. The molecule has 0 aliphatic heterocycles. The number of benzene rings is 2. The van der Waals surface area contributed by atoms with Crippen LogP contribution in [-0.4, -0.2) is 32.0 Å². The van der Waals surface area contributed by atoms with E-state index in [1.165, 1.54) is 5.56 Å². The smallest absolute Gasteiger partial charge is 0.255 e.